The van der Waals surface area contributed by atoms with Gasteiger partial charge in [-0.3, -0.25) is 14.4 Å². The van der Waals surface area contributed by atoms with Crippen molar-refractivity contribution in [3.63, 3.8) is 0 Å². The minimum atomic E-state index is -0.365. The molecule has 1 aliphatic heterocycles. The number of likely N-dealkylation sites (tertiary alicyclic amines) is 1. The van der Waals surface area contributed by atoms with Crippen LogP contribution in [0.2, 0.25) is 0 Å². The summed E-state index contributed by atoms with van der Waals surface area (Å²) in [4.78, 5) is 41.8. The van der Waals surface area contributed by atoms with Crippen LogP contribution in [-0.2, 0) is 0 Å². The monoisotopic (exact) mass is 381 g/mol. The van der Waals surface area contributed by atoms with Crippen LogP contribution >= 0.6 is 0 Å². The Labute approximate surface area is 165 Å². The van der Waals surface area contributed by atoms with Gasteiger partial charge in [0.15, 0.2) is 0 Å². The summed E-state index contributed by atoms with van der Waals surface area (Å²) in [5.41, 5.74) is 2.38. The van der Waals surface area contributed by atoms with Crippen molar-refractivity contribution in [3.05, 3.63) is 69.1 Å². The van der Waals surface area contributed by atoms with Gasteiger partial charge in [0.05, 0.1) is 0 Å². The van der Waals surface area contributed by atoms with E-state index in [1.807, 2.05) is 49.9 Å². The highest BCUT2D eigenvalue weighted by Crippen LogP contribution is 2.15. The fraction of sp³-hybridized carbons (Fsp3) is 0.409. The molecule has 1 fully saturated rings. The van der Waals surface area contributed by atoms with E-state index in [2.05, 4.69) is 10.3 Å². The maximum absolute atomic E-state index is 12.6. The van der Waals surface area contributed by atoms with Crippen molar-refractivity contribution in [2.45, 2.75) is 45.6 Å². The summed E-state index contributed by atoms with van der Waals surface area (Å²) >= 11 is 0. The average molecular weight is 381 g/mol. The number of H-pyrrole nitrogens is 1. The van der Waals surface area contributed by atoms with Crippen LogP contribution in [0.4, 0.5) is 0 Å². The Morgan fingerprint density at radius 1 is 1.07 bits per heavy atom. The van der Waals surface area contributed by atoms with E-state index in [1.54, 1.807) is 12.1 Å². The summed E-state index contributed by atoms with van der Waals surface area (Å²) in [5, 5.41) is 2.93. The lowest BCUT2D eigenvalue weighted by Crippen LogP contribution is -2.47. The second kappa shape index (κ2) is 8.42. The van der Waals surface area contributed by atoms with Crippen LogP contribution < -0.4 is 10.9 Å². The third-order valence-electron chi connectivity index (χ3n) is 5.21. The first-order valence-electron chi connectivity index (χ1n) is 9.75. The lowest BCUT2D eigenvalue weighted by atomic mass is 10.0. The first-order valence-corrected chi connectivity index (χ1v) is 9.75. The molecule has 0 spiro atoms. The highest BCUT2D eigenvalue weighted by atomic mass is 16.2. The summed E-state index contributed by atoms with van der Waals surface area (Å²) in [6.45, 7) is 7.12. The van der Waals surface area contributed by atoms with Gasteiger partial charge in [0, 0.05) is 30.4 Å². The Morgan fingerprint density at radius 3 is 2.29 bits per heavy atom. The van der Waals surface area contributed by atoms with Crippen LogP contribution in [-0.4, -0.2) is 40.8 Å². The first-order chi connectivity index (χ1) is 13.3. The van der Waals surface area contributed by atoms with Gasteiger partial charge in [-0.15, -0.1) is 0 Å². The Morgan fingerprint density at radius 2 is 1.71 bits per heavy atom. The number of hydrogen-bond donors (Lipinski definition) is 2. The van der Waals surface area contributed by atoms with Gasteiger partial charge in [0.2, 0.25) is 0 Å². The van der Waals surface area contributed by atoms with Crippen LogP contribution in [0.3, 0.4) is 0 Å². The lowest BCUT2D eigenvalue weighted by Gasteiger charge is -2.32. The van der Waals surface area contributed by atoms with Gasteiger partial charge >= 0.3 is 0 Å². The molecule has 0 radical (unpaired) electrons. The third-order valence-corrected chi connectivity index (χ3v) is 5.21. The molecule has 6 nitrogen and oxygen atoms in total. The van der Waals surface area contributed by atoms with Gasteiger partial charge in [0.25, 0.3) is 17.4 Å². The van der Waals surface area contributed by atoms with E-state index in [0.717, 1.165) is 11.3 Å². The van der Waals surface area contributed by atoms with Crippen molar-refractivity contribution in [1.29, 1.82) is 0 Å². The summed E-state index contributed by atoms with van der Waals surface area (Å²) < 4.78 is 0. The molecule has 148 valence electrons. The van der Waals surface area contributed by atoms with Gasteiger partial charge in [-0.1, -0.05) is 31.5 Å². The van der Waals surface area contributed by atoms with Crippen LogP contribution in [0.15, 0.2) is 41.2 Å². The number of hydrogen-bond acceptors (Lipinski definition) is 3. The third kappa shape index (κ3) is 4.50. The largest absolute Gasteiger partial charge is 0.349 e. The molecule has 0 aliphatic carbocycles. The van der Waals surface area contributed by atoms with Crippen molar-refractivity contribution < 1.29 is 9.59 Å². The number of pyridine rings is 1. The molecule has 1 saturated heterocycles. The molecular weight excluding hydrogens is 354 g/mol. The second-order valence-corrected chi connectivity index (χ2v) is 7.72. The minimum absolute atomic E-state index is 0.0190. The number of carbonyl (C=O) groups excluding carboxylic acids is 2. The Bertz CT molecular complexity index is 907. The van der Waals surface area contributed by atoms with Crippen LogP contribution in [0, 0.1) is 6.92 Å². The van der Waals surface area contributed by atoms with Crippen molar-refractivity contribution in [3.8, 4) is 0 Å². The number of aromatic amines is 1. The number of nitrogens with one attached hydrogen (secondary N) is 2. The van der Waals surface area contributed by atoms with Crippen LogP contribution in [0.1, 0.15) is 64.6 Å². The Hall–Kier alpha value is -2.89. The van der Waals surface area contributed by atoms with E-state index in [9.17, 15) is 14.4 Å². The van der Waals surface area contributed by atoms with Crippen molar-refractivity contribution in [1.82, 2.24) is 15.2 Å². The van der Waals surface area contributed by atoms with E-state index in [0.29, 0.717) is 31.5 Å². The number of rotatable bonds is 4. The number of nitrogens with zero attached hydrogens (tertiary/aromatic N) is 1. The molecule has 2 N–H and O–H groups in total. The summed E-state index contributed by atoms with van der Waals surface area (Å²) in [6, 6.07) is 10.9. The highest BCUT2D eigenvalue weighted by Gasteiger charge is 2.25. The zero-order valence-electron chi connectivity index (χ0n) is 16.6. The van der Waals surface area contributed by atoms with Gasteiger partial charge < -0.3 is 15.2 Å². The quantitative estimate of drug-likeness (QED) is 0.854. The average Bonchev–Trinajstić information content (AvgIpc) is 2.68. The Kier molecular flexibility index (Phi) is 5.97. The van der Waals surface area contributed by atoms with E-state index >= 15 is 0 Å². The normalized spacial score (nSPS) is 14.9. The van der Waals surface area contributed by atoms with Crippen molar-refractivity contribution in [2.24, 2.45) is 0 Å². The number of aryl methyl sites for hydroxylation is 1. The predicted octanol–water partition coefficient (Wildman–Crippen LogP) is 2.84. The zero-order chi connectivity index (χ0) is 20.3. The molecule has 1 aromatic carbocycles. The molecule has 0 bridgehead atoms. The second-order valence-electron chi connectivity index (χ2n) is 7.72. The van der Waals surface area contributed by atoms with E-state index in [-0.39, 0.29) is 34.9 Å². The van der Waals surface area contributed by atoms with Crippen molar-refractivity contribution >= 4 is 11.8 Å². The maximum Gasteiger partial charge on any atom is 0.261 e. The number of carbonyl (C=O) groups is 2. The number of benzene rings is 1. The molecule has 0 unspecified atom stereocenters. The maximum atomic E-state index is 12.6. The summed E-state index contributed by atoms with van der Waals surface area (Å²) in [6.07, 6.45) is 1.34. The molecule has 0 saturated carbocycles. The van der Waals surface area contributed by atoms with Crippen LogP contribution in [0.25, 0.3) is 0 Å². The molecule has 2 heterocycles. The standard InChI is InChI=1S/C22H27N3O3/c1-14(2)19-9-8-18(21(27)24-19)20(26)23-17-10-12-25(13-11-17)22(28)16-6-4-15(3)5-7-16/h4-9,14,17H,10-13H2,1-3H3,(H,23,26)(H,24,27). The topological polar surface area (TPSA) is 82.3 Å². The summed E-state index contributed by atoms with van der Waals surface area (Å²) in [7, 11) is 0. The van der Waals surface area contributed by atoms with Gasteiger partial charge in [-0.05, 0) is 49.9 Å². The predicted molar refractivity (Wildman–Crippen MR) is 109 cm³/mol. The number of amides is 2. The fourth-order valence-corrected chi connectivity index (χ4v) is 3.37. The molecule has 0 atom stereocenters. The minimum Gasteiger partial charge on any atom is -0.349 e. The van der Waals surface area contributed by atoms with Gasteiger partial charge in [-0.25, -0.2) is 0 Å². The van der Waals surface area contributed by atoms with Crippen molar-refractivity contribution in [2.75, 3.05) is 13.1 Å². The van der Waals surface area contributed by atoms with Gasteiger partial charge in [-0.2, -0.15) is 0 Å². The SMILES string of the molecule is Cc1ccc(C(=O)N2CCC(NC(=O)c3ccc(C(C)C)[nH]c3=O)CC2)cc1. The number of piperidine rings is 1. The molecular formula is C22H27N3O3. The van der Waals surface area contributed by atoms with E-state index < -0.39 is 0 Å². The van der Waals surface area contributed by atoms with E-state index in [1.165, 1.54) is 0 Å². The fourth-order valence-electron chi connectivity index (χ4n) is 3.37. The molecule has 28 heavy (non-hydrogen) atoms. The molecule has 2 aromatic rings. The van der Waals surface area contributed by atoms with E-state index in [4.69, 9.17) is 0 Å². The molecule has 1 aromatic heterocycles. The molecule has 6 heteroatoms. The number of aromatic nitrogens is 1. The molecule has 3 rings (SSSR count). The van der Waals surface area contributed by atoms with Crippen LogP contribution in [0.5, 0.6) is 0 Å². The molecule has 2 amide bonds. The smallest absolute Gasteiger partial charge is 0.261 e. The first kappa shape index (κ1) is 19.9. The Balaban J connectivity index is 1.57. The highest BCUT2D eigenvalue weighted by molar-refractivity contribution is 5.95. The molecule has 1 aliphatic rings. The zero-order valence-corrected chi connectivity index (χ0v) is 16.6. The lowest BCUT2D eigenvalue weighted by molar-refractivity contribution is 0.0698. The van der Waals surface area contributed by atoms with Gasteiger partial charge in [0.1, 0.15) is 5.56 Å². The summed E-state index contributed by atoms with van der Waals surface area (Å²) in [5.74, 6) is -0.148.